The summed E-state index contributed by atoms with van der Waals surface area (Å²) in [5.41, 5.74) is 0.252. The van der Waals surface area contributed by atoms with Crippen LogP contribution in [-0.2, 0) is 4.79 Å². The summed E-state index contributed by atoms with van der Waals surface area (Å²) in [7, 11) is 0. The molecular weight excluding hydrogens is 287 g/mol. The van der Waals surface area contributed by atoms with Crippen LogP contribution in [0.15, 0.2) is 18.2 Å². The predicted octanol–water partition coefficient (Wildman–Crippen LogP) is 2.26. The maximum atomic E-state index is 14.0. The number of anilines is 1. The Morgan fingerprint density at radius 3 is 2.55 bits per heavy atom. The summed E-state index contributed by atoms with van der Waals surface area (Å²) >= 11 is 0. The number of halogens is 1. The minimum Gasteiger partial charge on any atom is -0.395 e. The van der Waals surface area contributed by atoms with Crippen LogP contribution in [0.25, 0.3) is 0 Å². The summed E-state index contributed by atoms with van der Waals surface area (Å²) < 4.78 is 14.0. The van der Waals surface area contributed by atoms with Gasteiger partial charge in [-0.15, -0.1) is 0 Å². The molecule has 2 N–H and O–H groups in total. The third kappa shape index (κ3) is 5.11. The van der Waals surface area contributed by atoms with E-state index in [9.17, 15) is 14.0 Å². The first-order chi connectivity index (χ1) is 10.4. The Morgan fingerprint density at radius 2 is 2.05 bits per heavy atom. The van der Waals surface area contributed by atoms with Gasteiger partial charge in [0.25, 0.3) is 5.91 Å². The zero-order valence-electron chi connectivity index (χ0n) is 13.2. The van der Waals surface area contributed by atoms with Crippen LogP contribution in [0.4, 0.5) is 10.1 Å². The minimum absolute atomic E-state index is 0.0624. The number of hydrogen-bond acceptors (Lipinski definition) is 3. The van der Waals surface area contributed by atoms with Crippen LogP contribution in [0.2, 0.25) is 0 Å². The average molecular weight is 310 g/mol. The molecule has 0 aliphatic rings. The molecule has 0 atom stereocenters. The molecule has 5 nitrogen and oxygen atoms in total. The second-order valence-corrected chi connectivity index (χ2v) is 5.45. The molecule has 0 bridgehead atoms. The van der Waals surface area contributed by atoms with Gasteiger partial charge < -0.3 is 15.3 Å². The highest BCUT2D eigenvalue weighted by molar-refractivity contribution is 5.96. The SMILES string of the molecule is CCN(CCO)C(=O)c1ccc(NC(=O)CC(C)C)c(F)c1. The number of amides is 2. The van der Waals surface area contributed by atoms with E-state index in [1.54, 1.807) is 6.92 Å². The standard InChI is InChI=1S/C16H23FN2O3/c1-4-19(7-8-20)16(22)12-5-6-14(13(17)10-12)18-15(21)9-11(2)3/h5-6,10-11,20H,4,7-9H2,1-3H3,(H,18,21). The van der Waals surface area contributed by atoms with E-state index in [4.69, 9.17) is 5.11 Å². The van der Waals surface area contributed by atoms with E-state index in [1.165, 1.54) is 17.0 Å². The number of likely N-dealkylation sites (N-methyl/N-ethyl adjacent to an activating group) is 1. The van der Waals surface area contributed by atoms with Gasteiger partial charge in [0.05, 0.1) is 12.3 Å². The quantitative estimate of drug-likeness (QED) is 0.811. The van der Waals surface area contributed by atoms with Crippen molar-refractivity contribution in [2.45, 2.75) is 27.2 Å². The summed E-state index contributed by atoms with van der Waals surface area (Å²) in [5.74, 6) is -1.08. The number of carbonyl (C=O) groups is 2. The van der Waals surface area contributed by atoms with Gasteiger partial charge in [-0.3, -0.25) is 9.59 Å². The van der Waals surface area contributed by atoms with Crippen molar-refractivity contribution in [3.05, 3.63) is 29.6 Å². The molecule has 0 heterocycles. The molecule has 1 aromatic carbocycles. The molecule has 6 heteroatoms. The van der Waals surface area contributed by atoms with Gasteiger partial charge in [0.1, 0.15) is 5.82 Å². The molecule has 1 rings (SSSR count). The first-order valence-electron chi connectivity index (χ1n) is 7.38. The van der Waals surface area contributed by atoms with Crippen molar-refractivity contribution in [3.8, 4) is 0 Å². The molecule has 122 valence electrons. The summed E-state index contributed by atoms with van der Waals surface area (Å²) in [4.78, 5) is 25.2. The maximum absolute atomic E-state index is 14.0. The molecule has 0 saturated heterocycles. The van der Waals surface area contributed by atoms with Crippen LogP contribution >= 0.6 is 0 Å². The van der Waals surface area contributed by atoms with Crippen LogP contribution in [0, 0.1) is 11.7 Å². The number of hydrogen-bond donors (Lipinski definition) is 2. The van der Waals surface area contributed by atoms with Gasteiger partial charge in [0, 0.05) is 25.1 Å². The van der Waals surface area contributed by atoms with E-state index in [2.05, 4.69) is 5.32 Å². The molecule has 0 unspecified atom stereocenters. The number of carbonyl (C=O) groups excluding carboxylic acids is 2. The smallest absolute Gasteiger partial charge is 0.254 e. The predicted molar refractivity (Wildman–Crippen MR) is 83.1 cm³/mol. The van der Waals surface area contributed by atoms with E-state index >= 15 is 0 Å². The van der Waals surface area contributed by atoms with E-state index in [0.29, 0.717) is 13.0 Å². The monoisotopic (exact) mass is 310 g/mol. The molecule has 1 aromatic rings. The van der Waals surface area contributed by atoms with Crippen molar-refractivity contribution in [3.63, 3.8) is 0 Å². The largest absolute Gasteiger partial charge is 0.395 e. The zero-order valence-corrected chi connectivity index (χ0v) is 13.2. The fourth-order valence-electron chi connectivity index (χ4n) is 2.03. The second kappa shape index (κ2) is 8.48. The lowest BCUT2D eigenvalue weighted by molar-refractivity contribution is -0.116. The molecule has 0 fully saturated rings. The summed E-state index contributed by atoms with van der Waals surface area (Å²) in [6, 6.07) is 3.96. The number of aliphatic hydroxyl groups is 1. The summed E-state index contributed by atoms with van der Waals surface area (Å²) in [6.07, 6.45) is 0.306. The average Bonchev–Trinajstić information content (AvgIpc) is 2.45. The Balaban J connectivity index is 2.85. The van der Waals surface area contributed by atoms with Crippen LogP contribution in [0.5, 0.6) is 0 Å². The zero-order chi connectivity index (χ0) is 16.7. The normalized spacial score (nSPS) is 10.6. The molecule has 22 heavy (non-hydrogen) atoms. The lowest BCUT2D eigenvalue weighted by atomic mass is 10.1. The molecule has 0 aliphatic heterocycles. The molecule has 0 aliphatic carbocycles. The Hall–Kier alpha value is -1.95. The highest BCUT2D eigenvalue weighted by atomic mass is 19.1. The van der Waals surface area contributed by atoms with Crippen molar-refractivity contribution in [2.75, 3.05) is 25.0 Å². The molecule has 0 spiro atoms. The van der Waals surface area contributed by atoms with Gasteiger partial charge in [-0.25, -0.2) is 4.39 Å². The highest BCUT2D eigenvalue weighted by Crippen LogP contribution is 2.18. The first kappa shape index (κ1) is 18.1. The molecule has 0 saturated carbocycles. The Kier molecular flexibility index (Phi) is 6.98. The van der Waals surface area contributed by atoms with Crippen molar-refractivity contribution >= 4 is 17.5 Å². The minimum atomic E-state index is -0.650. The molecular formula is C16H23FN2O3. The number of nitrogens with zero attached hydrogens (tertiary/aromatic N) is 1. The third-order valence-corrected chi connectivity index (χ3v) is 3.12. The Bertz CT molecular complexity index is 532. The Morgan fingerprint density at radius 1 is 1.36 bits per heavy atom. The van der Waals surface area contributed by atoms with Crippen molar-refractivity contribution in [1.29, 1.82) is 0 Å². The maximum Gasteiger partial charge on any atom is 0.254 e. The number of aliphatic hydroxyl groups excluding tert-OH is 1. The highest BCUT2D eigenvalue weighted by Gasteiger charge is 2.16. The van der Waals surface area contributed by atoms with Crippen LogP contribution < -0.4 is 5.32 Å². The van der Waals surface area contributed by atoms with Gasteiger partial charge in [-0.05, 0) is 31.0 Å². The molecule has 0 aromatic heterocycles. The third-order valence-electron chi connectivity index (χ3n) is 3.12. The number of benzene rings is 1. The van der Waals surface area contributed by atoms with Gasteiger partial charge in [0.2, 0.25) is 5.91 Å². The van der Waals surface area contributed by atoms with E-state index in [0.717, 1.165) is 6.07 Å². The fraction of sp³-hybridized carbons (Fsp3) is 0.500. The summed E-state index contributed by atoms with van der Waals surface area (Å²) in [6.45, 7) is 6.06. The van der Waals surface area contributed by atoms with Crippen molar-refractivity contribution in [1.82, 2.24) is 4.90 Å². The van der Waals surface area contributed by atoms with E-state index < -0.39 is 5.82 Å². The van der Waals surface area contributed by atoms with Crippen LogP contribution in [0.3, 0.4) is 0 Å². The summed E-state index contributed by atoms with van der Waals surface area (Å²) in [5, 5.41) is 11.4. The molecule has 0 radical (unpaired) electrons. The van der Waals surface area contributed by atoms with Gasteiger partial charge in [-0.2, -0.15) is 0 Å². The molecule has 2 amide bonds. The fourth-order valence-corrected chi connectivity index (χ4v) is 2.03. The van der Waals surface area contributed by atoms with Crippen molar-refractivity contribution < 1.29 is 19.1 Å². The number of rotatable bonds is 7. The van der Waals surface area contributed by atoms with Crippen LogP contribution in [0.1, 0.15) is 37.6 Å². The van der Waals surface area contributed by atoms with Gasteiger partial charge in [-0.1, -0.05) is 13.8 Å². The van der Waals surface area contributed by atoms with Gasteiger partial charge in [0.15, 0.2) is 0 Å². The number of nitrogens with one attached hydrogen (secondary N) is 1. The lowest BCUT2D eigenvalue weighted by Crippen LogP contribution is -2.33. The van der Waals surface area contributed by atoms with E-state index in [1.807, 2.05) is 13.8 Å². The van der Waals surface area contributed by atoms with Gasteiger partial charge >= 0.3 is 0 Å². The Labute approximate surface area is 130 Å². The lowest BCUT2D eigenvalue weighted by Gasteiger charge is -2.20. The second-order valence-electron chi connectivity index (χ2n) is 5.45. The first-order valence-corrected chi connectivity index (χ1v) is 7.38. The van der Waals surface area contributed by atoms with E-state index in [-0.39, 0.29) is 42.1 Å². The topological polar surface area (TPSA) is 69.6 Å². The van der Waals surface area contributed by atoms with Crippen molar-refractivity contribution in [2.24, 2.45) is 5.92 Å². The van der Waals surface area contributed by atoms with Crippen LogP contribution in [-0.4, -0.2) is 41.5 Å².